The van der Waals surface area contributed by atoms with Gasteiger partial charge in [-0.15, -0.1) is 0 Å². The van der Waals surface area contributed by atoms with Gasteiger partial charge in [0.05, 0.1) is 68.1 Å². The Morgan fingerprint density at radius 1 is 0.333 bits per heavy atom. The standard InChI is InChI=1S/C60H36N6/c61-37-39-27-30-45(44(33-39)38-62)42-28-31-58-50(34-42)48-21-9-14-26-57(48)66(58)59-32-29-43(53-36-52(40-15-3-1-4-16-40)63-60(64-53)41-17-5-2-6-18-41)35-51(59)49-22-10-13-25-56(49)65-54-23-11-7-19-46(54)47-20-8-12-24-55(47)65/h1-36H. The third kappa shape index (κ3) is 6.33. The fourth-order valence-electron chi connectivity index (χ4n) is 9.61. The number of rotatable bonds is 7. The quantitative estimate of drug-likeness (QED) is 0.160. The van der Waals surface area contributed by atoms with Crippen molar-refractivity contribution in [2.24, 2.45) is 0 Å². The Balaban J connectivity index is 1.15. The van der Waals surface area contributed by atoms with E-state index in [2.05, 4.69) is 185 Å². The SMILES string of the molecule is N#Cc1ccc(-c2ccc3c(c2)c2ccccc2n3-c2ccc(-c3cc(-c4ccccc4)nc(-c4ccccc4)n3)cc2-c2ccccc2-n2c3ccccc3c3ccccc32)c(C#N)c1. The lowest BCUT2D eigenvalue weighted by Gasteiger charge is -2.20. The minimum Gasteiger partial charge on any atom is -0.309 e. The molecule has 0 radical (unpaired) electrons. The van der Waals surface area contributed by atoms with E-state index in [1.807, 2.05) is 42.5 Å². The van der Waals surface area contributed by atoms with Gasteiger partial charge < -0.3 is 9.13 Å². The first kappa shape index (κ1) is 38.3. The summed E-state index contributed by atoms with van der Waals surface area (Å²) in [6.07, 6.45) is 0. The van der Waals surface area contributed by atoms with E-state index in [-0.39, 0.29) is 0 Å². The smallest absolute Gasteiger partial charge is 0.160 e. The lowest BCUT2D eigenvalue weighted by molar-refractivity contribution is 1.16. The summed E-state index contributed by atoms with van der Waals surface area (Å²) in [5, 5.41) is 24.3. The van der Waals surface area contributed by atoms with E-state index in [1.54, 1.807) is 12.1 Å². The maximum Gasteiger partial charge on any atom is 0.160 e. The Bertz CT molecular complexity index is 3850. The van der Waals surface area contributed by atoms with E-state index < -0.39 is 0 Å². The summed E-state index contributed by atoms with van der Waals surface area (Å²) in [7, 11) is 0. The van der Waals surface area contributed by atoms with Crippen molar-refractivity contribution >= 4 is 43.6 Å². The Kier molecular flexibility index (Phi) is 9.16. The van der Waals surface area contributed by atoms with E-state index >= 15 is 0 Å². The second kappa shape index (κ2) is 15.8. The normalized spacial score (nSPS) is 11.3. The van der Waals surface area contributed by atoms with Crippen molar-refractivity contribution in [3.05, 3.63) is 230 Å². The van der Waals surface area contributed by atoms with Crippen LogP contribution in [0.4, 0.5) is 0 Å². The third-order valence-electron chi connectivity index (χ3n) is 12.6. The number of hydrogen-bond acceptors (Lipinski definition) is 4. The van der Waals surface area contributed by atoms with Gasteiger partial charge in [-0.25, -0.2) is 9.97 Å². The average Bonchev–Trinajstić information content (AvgIpc) is 3.91. The molecule has 306 valence electrons. The van der Waals surface area contributed by atoms with E-state index in [1.165, 1.54) is 10.8 Å². The molecule has 12 aromatic rings. The highest BCUT2D eigenvalue weighted by Gasteiger charge is 2.22. The van der Waals surface area contributed by atoms with Gasteiger partial charge in [0.25, 0.3) is 0 Å². The summed E-state index contributed by atoms with van der Waals surface area (Å²) in [5.74, 6) is 0.656. The van der Waals surface area contributed by atoms with Crippen LogP contribution >= 0.6 is 0 Å². The molecule has 3 heterocycles. The van der Waals surface area contributed by atoms with E-state index in [4.69, 9.17) is 9.97 Å². The van der Waals surface area contributed by atoms with Crippen molar-refractivity contribution in [3.63, 3.8) is 0 Å². The highest BCUT2D eigenvalue weighted by molar-refractivity contribution is 6.12. The van der Waals surface area contributed by atoms with Crippen molar-refractivity contribution < 1.29 is 0 Å². The van der Waals surface area contributed by atoms with Crippen LogP contribution in [0.5, 0.6) is 0 Å². The number of fused-ring (bicyclic) bond motifs is 6. The van der Waals surface area contributed by atoms with Crippen LogP contribution in [0.15, 0.2) is 218 Å². The Hall–Kier alpha value is -9.36. The maximum absolute atomic E-state index is 10.2. The zero-order valence-corrected chi connectivity index (χ0v) is 35.5. The van der Waals surface area contributed by atoms with Crippen LogP contribution in [0, 0.1) is 22.7 Å². The van der Waals surface area contributed by atoms with Crippen molar-refractivity contribution in [1.82, 2.24) is 19.1 Å². The first-order valence-electron chi connectivity index (χ1n) is 21.9. The molecule has 9 aromatic carbocycles. The van der Waals surface area contributed by atoms with Crippen molar-refractivity contribution in [2.75, 3.05) is 0 Å². The molecule has 0 aliphatic heterocycles. The topological polar surface area (TPSA) is 83.2 Å². The molecule has 0 N–H and O–H groups in total. The van der Waals surface area contributed by atoms with Gasteiger partial charge in [-0.05, 0) is 77.9 Å². The summed E-state index contributed by atoms with van der Waals surface area (Å²) in [6.45, 7) is 0. The van der Waals surface area contributed by atoms with Gasteiger partial charge in [0, 0.05) is 49.4 Å². The molecule has 6 heteroatoms. The highest BCUT2D eigenvalue weighted by Crippen LogP contribution is 2.43. The molecule has 12 rings (SSSR count). The second-order valence-electron chi connectivity index (χ2n) is 16.4. The molecular weight excluding hydrogens is 805 g/mol. The number of hydrogen-bond donors (Lipinski definition) is 0. The number of aromatic nitrogens is 4. The average molecular weight is 841 g/mol. The molecule has 6 nitrogen and oxygen atoms in total. The molecule has 0 amide bonds. The summed E-state index contributed by atoms with van der Waals surface area (Å²) >= 11 is 0. The Morgan fingerprint density at radius 2 is 0.864 bits per heavy atom. The molecule has 0 unspecified atom stereocenters. The van der Waals surface area contributed by atoms with Gasteiger partial charge in [-0.3, -0.25) is 0 Å². The molecule has 0 saturated carbocycles. The Labute approximate surface area is 380 Å². The van der Waals surface area contributed by atoms with Gasteiger partial charge in [0.1, 0.15) is 0 Å². The fraction of sp³-hybridized carbons (Fsp3) is 0. The largest absolute Gasteiger partial charge is 0.309 e. The third-order valence-corrected chi connectivity index (χ3v) is 12.6. The lowest BCUT2D eigenvalue weighted by atomic mass is 9.96. The van der Waals surface area contributed by atoms with Gasteiger partial charge in [0.2, 0.25) is 0 Å². The molecular formula is C60H36N6. The molecule has 0 atom stereocenters. The van der Waals surface area contributed by atoms with Crippen molar-refractivity contribution in [1.29, 1.82) is 10.5 Å². The fourth-order valence-corrected chi connectivity index (χ4v) is 9.61. The van der Waals surface area contributed by atoms with Gasteiger partial charge in [0.15, 0.2) is 5.82 Å². The van der Waals surface area contributed by atoms with Crippen LogP contribution in [-0.4, -0.2) is 19.1 Å². The zero-order valence-electron chi connectivity index (χ0n) is 35.5. The molecule has 0 spiro atoms. The van der Waals surface area contributed by atoms with Crippen LogP contribution in [0.3, 0.4) is 0 Å². The van der Waals surface area contributed by atoms with Gasteiger partial charge in [-0.2, -0.15) is 10.5 Å². The predicted octanol–water partition coefficient (Wildman–Crippen LogP) is 14.7. The molecule has 0 fully saturated rings. The van der Waals surface area contributed by atoms with Crippen molar-refractivity contribution in [2.45, 2.75) is 0 Å². The van der Waals surface area contributed by atoms with E-state index in [9.17, 15) is 10.5 Å². The molecule has 0 bridgehead atoms. The molecule has 0 aliphatic carbocycles. The molecule has 66 heavy (non-hydrogen) atoms. The van der Waals surface area contributed by atoms with Crippen molar-refractivity contribution in [3.8, 4) is 79.7 Å². The summed E-state index contributed by atoms with van der Waals surface area (Å²) < 4.78 is 4.76. The van der Waals surface area contributed by atoms with Crippen LogP contribution in [0.1, 0.15) is 11.1 Å². The molecule has 0 aliphatic rings. The molecule has 0 saturated heterocycles. The highest BCUT2D eigenvalue weighted by atomic mass is 15.0. The number of para-hydroxylation sites is 4. The first-order valence-corrected chi connectivity index (χ1v) is 21.9. The first-order chi connectivity index (χ1) is 32.6. The predicted molar refractivity (Wildman–Crippen MR) is 267 cm³/mol. The number of nitrogens with zero attached hydrogens (tertiary/aromatic N) is 6. The van der Waals surface area contributed by atoms with Gasteiger partial charge in [-0.1, -0.05) is 152 Å². The van der Waals surface area contributed by atoms with Gasteiger partial charge >= 0.3 is 0 Å². The minimum atomic E-state index is 0.458. The summed E-state index contributed by atoms with van der Waals surface area (Å²) in [5.41, 5.74) is 15.7. The van der Waals surface area contributed by atoms with E-state index in [0.29, 0.717) is 17.0 Å². The second-order valence-corrected chi connectivity index (χ2v) is 16.4. The van der Waals surface area contributed by atoms with E-state index in [0.717, 1.165) is 94.5 Å². The molecule has 3 aromatic heterocycles. The van der Waals surface area contributed by atoms with Crippen LogP contribution in [0.2, 0.25) is 0 Å². The summed E-state index contributed by atoms with van der Waals surface area (Å²) in [6, 6.07) is 79.9. The summed E-state index contributed by atoms with van der Waals surface area (Å²) in [4.78, 5) is 10.4. The van der Waals surface area contributed by atoms with Crippen LogP contribution in [0.25, 0.3) is 111 Å². The maximum atomic E-state index is 10.2. The number of nitriles is 2. The number of benzene rings is 9. The lowest BCUT2D eigenvalue weighted by Crippen LogP contribution is -2.02. The van der Waals surface area contributed by atoms with Crippen LogP contribution < -0.4 is 0 Å². The Morgan fingerprint density at radius 3 is 1.52 bits per heavy atom. The van der Waals surface area contributed by atoms with Crippen LogP contribution in [-0.2, 0) is 0 Å². The zero-order chi connectivity index (χ0) is 44.1. The monoisotopic (exact) mass is 840 g/mol. The minimum absolute atomic E-state index is 0.458.